The third-order valence-electron chi connectivity index (χ3n) is 2.75. The third kappa shape index (κ3) is 4.82. The van der Waals surface area contributed by atoms with Crippen LogP contribution in [0.3, 0.4) is 0 Å². The smallest absolute Gasteiger partial charge is 0.241 e. The van der Waals surface area contributed by atoms with Crippen LogP contribution in [0.2, 0.25) is 0 Å². The number of hydrogen-bond acceptors (Lipinski definition) is 4. The van der Waals surface area contributed by atoms with Gasteiger partial charge in [0.15, 0.2) is 0 Å². The molecule has 0 aliphatic heterocycles. The molecule has 0 atom stereocenters. The van der Waals surface area contributed by atoms with Crippen molar-refractivity contribution in [3.63, 3.8) is 0 Å². The Balaban J connectivity index is 2.63. The van der Waals surface area contributed by atoms with E-state index in [0.29, 0.717) is 6.61 Å². The van der Waals surface area contributed by atoms with Crippen LogP contribution in [-0.4, -0.2) is 28.2 Å². The number of nitrogens with two attached hydrogens (primary N) is 1. The SMILES string of the molecule is CCCCOCCNS(=O)(=O)c1cccc(F)c1CN. The Morgan fingerprint density at radius 2 is 2.10 bits per heavy atom. The molecule has 114 valence electrons. The maximum Gasteiger partial charge on any atom is 0.241 e. The van der Waals surface area contributed by atoms with E-state index in [9.17, 15) is 12.8 Å². The van der Waals surface area contributed by atoms with Crippen molar-refractivity contribution in [1.29, 1.82) is 0 Å². The van der Waals surface area contributed by atoms with Gasteiger partial charge in [-0.25, -0.2) is 17.5 Å². The second-order valence-corrected chi connectivity index (χ2v) is 6.02. The lowest BCUT2D eigenvalue weighted by atomic mass is 10.2. The zero-order valence-electron chi connectivity index (χ0n) is 11.6. The third-order valence-corrected chi connectivity index (χ3v) is 4.30. The minimum absolute atomic E-state index is 0.00750. The molecule has 7 heteroatoms. The van der Waals surface area contributed by atoms with Gasteiger partial charge in [-0.15, -0.1) is 0 Å². The average Bonchev–Trinajstić information content (AvgIpc) is 2.42. The van der Waals surface area contributed by atoms with Crippen LogP contribution in [-0.2, 0) is 21.3 Å². The Hall–Kier alpha value is -1.02. The van der Waals surface area contributed by atoms with Crippen molar-refractivity contribution in [2.75, 3.05) is 19.8 Å². The van der Waals surface area contributed by atoms with Crippen LogP contribution in [0.1, 0.15) is 25.3 Å². The van der Waals surface area contributed by atoms with E-state index in [2.05, 4.69) is 4.72 Å². The van der Waals surface area contributed by atoms with Crippen LogP contribution in [0.5, 0.6) is 0 Å². The fraction of sp³-hybridized carbons (Fsp3) is 0.538. The summed E-state index contributed by atoms with van der Waals surface area (Å²) >= 11 is 0. The molecule has 1 aromatic rings. The highest BCUT2D eigenvalue weighted by molar-refractivity contribution is 7.89. The summed E-state index contributed by atoms with van der Waals surface area (Å²) in [6.45, 7) is 2.91. The van der Waals surface area contributed by atoms with E-state index in [1.165, 1.54) is 18.2 Å². The monoisotopic (exact) mass is 304 g/mol. The molecule has 0 saturated heterocycles. The summed E-state index contributed by atoms with van der Waals surface area (Å²) in [6.07, 6.45) is 1.96. The maximum absolute atomic E-state index is 13.5. The number of rotatable bonds is 9. The number of benzene rings is 1. The molecule has 0 heterocycles. The standard InChI is InChI=1S/C13H21FN2O3S/c1-2-3-8-19-9-7-16-20(17,18)13-6-4-5-12(14)11(13)10-15/h4-6,16H,2-3,7-10,15H2,1H3. The normalized spacial score (nSPS) is 11.8. The van der Waals surface area contributed by atoms with Gasteiger partial charge in [0.05, 0.1) is 11.5 Å². The summed E-state index contributed by atoms with van der Waals surface area (Å²) in [4.78, 5) is -0.117. The topological polar surface area (TPSA) is 81.4 Å². The van der Waals surface area contributed by atoms with Gasteiger partial charge in [0.25, 0.3) is 0 Å². The average molecular weight is 304 g/mol. The molecule has 0 aliphatic carbocycles. The van der Waals surface area contributed by atoms with Gasteiger partial charge in [0.1, 0.15) is 5.82 Å². The van der Waals surface area contributed by atoms with Crippen molar-refractivity contribution in [3.05, 3.63) is 29.6 Å². The zero-order valence-corrected chi connectivity index (χ0v) is 12.4. The summed E-state index contributed by atoms with van der Waals surface area (Å²) in [5.74, 6) is -0.616. The van der Waals surface area contributed by atoms with Gasteiger partial charge in [-0.05, 0) is 18.6 Å². The molecule has 5 nitrogen and oxygen atoms in total. The molecule has 0 saturated carbocycles. The largest absolute Gasteiger partial charge is 0.380 e. The molecule has 0 spiro atoms. The van der Waals surface area contributed by atoms with Gasteiger partial charge in [-0.2, -0.15) is 0 Å². The van der Waals surface area contributed by atoms with E-state index in [0.717, 1.165) is 12.8 Å². The first kappa shape index (κ1) is 17.0. The lowest BCUT2D eigenvalue weighted by Crippen LogP contribution is -2.29. The van der Waals surface area contributed by atoms with Gasteiger partial charge in [-0.1, -0.05) is 19.4 Å². The lowest BCUT2D eigenvalue weighted by Gasteiger charge is -2.11. The first-order valence-corrected chi connectivity index (χ1v) is 8.06. The molecule has 20 heavy (non-hydrogen) atoms. The minimum Gasteiger partial charge on any atom is -0.380 e. The highest BCUT2D eigenvalue weighted by Gasteiger charge is 2.19. The Kier molecular flexibility index (Phi) is 7.08. The maximum atomic E-state index is 13.5. The quantitative estimate of drug-likeness (QED) is 0.675. The Morgan fingerprint density at radius 3 is 2.75 bits per heavy atom. The molecule has 0 aromatic heterocycles. The summed E-state index contributed by atoms with van der Waals surface area (Å²) in [5, 5.41) is 0. The van der Waals surface area contributed by atoms with Crippen LogP contribution in [0.25, 0.3) is 0 Å². The molecule has 1 rings (SSSR count). The van der Waals surface area contributed by atoms with Crippen molar-refractivity contribution in [1.82, 2.24) is 4.72 Å². The summed E-state index contributed by atoms with van der Waals surface area (Å²) in [5.41, 5.74) is 5.39. The molecule has 0 unspecified atom stereocenters. The van der Waals surface area contributed by atoms with Crippen LogP contribution in [0.15, 0.2) is 23.1 Å². The van der Waals surface area contributed by atoms with Gasteiger partial charge < -0.3 is 10.5 Å². The van der Waals surface area contributed by atoms with E-state index in [4.69, 9.17) is 10.5 Å². The van der Waals surface area contributed by atoms with Crippen molar-refractivity contribution in [2.24, 2.45) is 5.73 Å². The summed E-state index contributed by atoms with van der Waals surface area (Å²) in [7, 11) is -3.77. The van der Waals surface area contributed by atoms with Crippen LogP contribution < -0.4 is 10.5 Å². The Morgan fingerprint density at radius 1 is 1.35 bits per heavy atom. The van der Waals surface area contributed by atoms with Crippen molar-refractivity contribution in [3.8, 4) is 0 Å². The fourth-order valence-corrected chi connectivity index (χ4v) is 2.93. The molecule has 0 bridgehead atoms. The predicted octanol–water partition coefficient (Wildman–Crippen LogP) is 1.38. The molecule has 1 aromatic carbocycles. The van der Waals surface area contributed by atoms with Gasteiger partial charge in [0, 0.05) is 25.3 Å². The number of nitrogens with one attached hydrogen (secondary N) is 1. The van der Waals surface area contributed by atoms with Gasteiger partial charge in [-0.3, -0.25) is 0 Å². The van der Waals surface area contributed by atoms with Crippen molar-refractivity contribution >= 4 is 10.0 Å². The first-order valence-electron chi connectivity index (χ1n) is 6.57. The molecule has 0 fully saturated rings. The summed E-state index contributed by atoms with van der Waals surface area (Å²) in [6, 6.07) is 3.88. The number of unbranched alkanes of at least 4 members (excludes halogenated alkanes) is 1. The van der Waals surface area contributed by atoms with E-state index in [1.54, 1.807) is 0 Å². The Bertz CT molecular complexity index is 520. The summed E-state index contributed by atoms with van der Waals surface area (Å²) < 4.78 is 45.3. The molecule has 0 aliphatic rings. The number of hydrogen-bond donors (Lipinski definition) is 2. The second kappa shape index (κ2) is 8.31. The van der Waals surface area contributed by atoms with E-state index >= 15 is 0 Å². The number of ether oxygens (including phenoxy) is 1. The van der Waals surface area contributed by atoms with Crippen LogP contribution >= 0.6 is 0 Å². The fourth-order valence-electron chi connectivity index (χ4n) is 1.66. The Labute approximate surface area is 119 Å². The van der Waals surface area contributed by atoms with E-state index in [-0.39, 0.29) is 30.2 Å². The molecular formula is C13H21FN2O3S. The van der Waals surface area contributed by atoms with Crippen molar-refractivity contribution in [2.45, 2.75) is 31.2 Å². The highest BCUT2D eigenvalue weighted by Crippen LogP contribution is 2.18. The van der Waals surface area contributed by atoms with E-state index < -0.39 is 15.8 Å². The molecule has 0 amide bonds. The lowest BCUT2D eigenvalue weighted by molar-refractivity contribution is 0.136. The van der Waals surface area contributed by atoms with Crippen LogP contribution in [0, 0.1) is 5.82 Å². The first-order chi connectivity index (χ1) is 9.53. The van der Waals surface area contributed by atoms with Gasteiger partial charge >= 0.3 is 0 Å². The van der Waals surface area contributed by atoms with Crippen LogP contribution in [0.4, 0.5) is 4.39 Å². The number of sulfonamides is 1. The minimum atomic E-state index is -3.77. The highest BCUT2D eigenvalue weighted by atomic mass is 32.2. The molecular weight excluding hydrogens is 283 g/mol. The zero-order chi connectivity index (χ0) is 15.0. The second-order valence-electron chi connectivity index (χ2n) is 4.28. The predicted molar refractivity (Wildman–Crippen MR) is 75.2 cm³/mol. The molecule has 3 N–H and O–H groups in total. The van der Waals surface area contributed by atoms with Crippen molar-refractivity contribution < 1.29 is 17.5 Å². The molecule has 0 radical (unpaired) electrons. The van der Waals surface area contributed by atoms with E-state index in [1.807, 2.05) is 6.92 Å². The number of halogens is 1. The van der Waals surface area contributed by atoms with Gasteiger partial charge in [0.2, 0.25) is 10.0 Å².